The number of nitrogens with one attached hydrogen (secondary N) is 1. The van der Waals surface area contributed by atoms with E-state index in [1.54, 1.807) is 24.8 Å². The Morgan fingerprint density at radius 3 is 2.43 bits per heavy atom. The smallest absolute Gasteiger partial charge is 0.163 e. The Morgan fingerprint density at radius 1 is 1.06 bits per heavy atom. The van der Waals surface area contributed by atoms with Crippen molar-refractivity contribution in [2.24, 2.45) is 11.8 Å². The topological polar surface area (TPSA) is 80.1 Å². The number of sulfone groups is 1. The maximum atomic E-state index is 15.3. The molecule has 1 aromatic heterocycles. The third-order valence-corrected chi connectivity index (χ3v) is 10.8. The molecule has 1 saturated carbocycles. The molecule has 1 N–H and O–H groups in total. The van der Waals surface area contributed by atoms with E-state index in [0.29, 0.717) is 36.4 Å². The number of fused-ring (bicyclic) bond motifs is 1. The lowest BCUT2D eigenvalue weighted by Gasteiger charge is -2.37. The quantitative estimate of drug-likeness (QED) is 0.566. The molecule has 3 heterocycles. The summed E-state index contributed by atoms with van der Waals surface area (Å²) in [5.74, 6) is 0.741. The molecule has 2 aromatic carbocycles. The maximum Gasteiger partial charge on any atom is 0.163 e. The Bertz CT molecular complexity index is 1290. The van der Waals surface area contributed by atoms with Crippen LogP contribution in [0.2, 0.25) is 0 Å². The molecule has 6 rings (SSSR count). The van der Waals surface area contributed by atoms with E-state index in [4.69, 9.17) is 0 Å². The van der Waals surface area contributed by atoms with Crippen LogP contribution in [0.4, 0.5) is 10.1 Å². The summed E-state index contributed by atoms with van der Waals surface area (Å²) in [4.78, 5) is 2.22. The van der Waals surface area contributed by atoms with Gasteiger partial charge < -0.3 is 14.8 Å². The number of anilines is 1. The van der Waals surface area contributed by atoms with Gasteiger partial charge in [0.25, 0.3) is 0 Å². The molecule has 0 amide bonds. The molecular weight excluding hydrogens is 465 g/mol. The predicted octanol–water partition coefficient (Wildman–Crippen LogP) is 3.17. The van der Waals surface area contributed by atoms with Gasteiger partial charge in [0, 0.05) is 49.2 Å². The highest BCUT2D eigenvalue weighted by molar-refractivity contribution is 7.92. The zero-order chi connectivity index (χ0) is 24.2. The molecule has 0 radical (unpaired) electrons. The van der Waals surface area contributed by atoms with Gasteiger partial charge in [-0.3, -0.25) is 0 Å². The third kappa shape index (κ3) is 3.94. The predicted molar refractivity (Wildman–Crippen MR) is 132 cm³/mol. The van der Waals surface area contributed by atoms with E-state index in [1.165, 1.54) is 0 Å². The van der Waals surface area contributed by atoms with E-state index in [1.807, 2.05) is 43.3 Å². The standard InChI is InChI=1S/C26H30FN5O2S/c1-2-23-24(35(33,34)25(12-28-23)17-6-4-3-5-7-17)10-18-8-9-19(11-22(18)27)31-13-20-21(14-31)26(20)32-15-29-30-16-32/h3-9,11,15-16,20-21,23-26,28H,2,10,12-14H2,1H3/t20-,21+,23-,24?,25-,26?/m0/s1. The fraction of sp³-hybridized carbons (Fsp3) is 0.462. The van der Waals surface area contributed by atoms with Crippen LogP contribution >= 0.6 is 0 Å². The van der Waals surface area contributed by atoms with Crippen LogP contribution in [0, 0.1) is 17.7 Å². The normalized spacial score (nSPS) is 31.3. The molecule has 1 aliphatic carbocycles. The van der Waals surface area contributed by atoms with Crippen molar-refractivity contribution in [3.8, 4) is 0 Å². The zero-order valence-electron chi connectivity index (χ0n) is 19.7. The maximum absolute atomic E-state index is 15.3. The molecule has 3 aliphatic rings. The zero-order valence-corrected chi connectivity index (χ0v) is 20.5. The number of halogens is 1. The lowest BCUT2D eigenvalue weighted by molar-refractivity contribution is 0.418. The van der Waals surface area contributed by atoms with Crippen LogP contribution in [0.15, 0.2) is 61.2 Å². The van der Waals surface area contributed by atoms with Gasteiger partial charge in [-0.15, -0.1) is 10.2 Å². The molecule has 3 aromatic rings. The highest BCUT2D eigenvalue weighted by atomic mass is 32.2. The van der Waals surface area contributed by atoms with Crippen molar-refractivity contribution in [2.45, 2.75) is 42.3 Å². The number of hydrogen-bond donors (Lipinski definition) is 1. The van der Waals surface area contributed by atoms with Crippen molar-refractivity contribution in [2.75, 3.05) is 24.5 Å². The van der Waals surface area contributed by atoms with Crippen molar-refractivity contribution in [1.29, 1.82) is 0 Å². The van der Waals surface area contributed by atoms with Crippen LogP contribution in [0.25, 0.3) is 0 Å². The van der Waals surface area contributed by atoms with Crippen LogP contribution in [0.5, 0.6) is 0 Å². The Labute approximate surface area is 205 Å². The van der Waals surface area contributed by atoms with E-state index in [2.05, 4.69) is 25.0 Å². The number of aromatic nitrogens is 3. The number of hydrogen-bond acceptors (Lipinski definition) is 6. The summed E-state index contributed by atoms with van der Waals surface area (Å²) in [6.45, 7) is 4.12. The number of rotatable bonds is 6. The van der Waals surface area contributed by atoms with E-state index < -0.39 is 20.3 Å². The fourth-order valence-corrected chi connectivity index (χ4v) is 8.66. The van der Waals surface area contributed by atoms with Gasteiger partial charge in [-0.25, -0.2) is 12.8 Å². The molecule has 0 spiro atoms. The van der Waals surface area contributed by atoms with Gasteiger partial charge in [-0.1, -0.05) is 43.3 Å². The number of benzene rings is 2. The largest absolute Gasteiger partial charge is 0.371 e. The van der Waals surface area contributed by atoms with Crippen LogP contribution in [-0.4, -0.2) is 54.1 Å². The molecule has 35 heavy (non-hydrogen) atoms. The Morgan fingerprint density at radius 2 is 1.77 bits per heavy atom. The second kappa shape index (κ2) is 8.71. The molecule has 0 bridgehead atoms. The highest BCUT2D eigenvalue weighted by Gasteiger charge is 2.57. The minimum absolute atomic E-state index is 0.171. The van der Waals surface area contributed by atoms with Crippen LogP contribution in [0.1, 0.15) is 35.8 Å². The summed E-state index contributed by atoms with van der Waals surface area (Å²) in [6, 6.07) is 14.9. The first-order chi connectivity index (χ1) is 17.0. The second-order valence-electron chi connectivity index (χ2n) is 10.1. The third-order valence-electron chi connectivity index (χ3n) is 8.20. The number of piperidine rings is 1. The van der Waals surface area contributed by atoms with E-state index in [0.717, 1.165) is 24.3 Å². The fourth-order valence-electron chi connectivity index (χ4n) is 6.21. The molecule has 184 valence electrons. The molecule has 6 atom stereocenters. The van der Waals surface area contributed by atoms with Crippen molar-refractivity contribution in [3.05, 3.63) is 78.1 Å². The Kier molecular flexibility index (Phi) is 5.64. The van der Waals surface area contributed by atoms with Gasteiger partial charge >= 0.3 is 0 Å². The summed E-state index contributed by atoms with van der Waals surface area (Å²) < 4.78 is 44.7. The van der Waals surface area contributed by atoms with Crippen LogP contribution in [0.3, 0.4) is 0 Å². The lowest BCUT2D eigenvalue weighted by atomic mass is 10.0. The molecule has 2 saturated heterocycles. The van der Waals surface area contributed by atoms with Crippen molar-refractivity contribution in [3.63, 3.8) is 0 Å². The lowest BCUT2D eigenvalue weighted by Crippen LogP contribution is -2.54. The summed E-state index contributed by atoms with van der Waals surface area (Å²) in [6.07, 6.45) is 4.38. The average Bonchev–Trinajstić information content (AvgIpc) is 3.24. The van der Waals surface area contributed by atoms with Crippen LogP contribution < -0.4 is 10.2 Å². The first-order valence-corrected chi connectivity index (χ1v) is 14.0. The molecule has 2 unspecified atom stereocenters. The summed E-state index contributed by atoms with van der Waals surface area (Å²) in [7, 11) is -3.50. The van der Waals surface area contributed by atoms with Gasteiger partial charge in [0.05, 0.1) is 10.5 Å². The molecule has 3 fully saturated rings. The van der Waals surface area contributed by atoms with E-state index >= 15 is 4.39 Å². The average molecular weight is 496 g/mol. The van der Waals surface area contributed by atoms with Crippen LogP contribution in [-0.2, 0) is 16.3 Å². The molecule has 9 heteroatoms. The highest BCUT2D eigenvalue weighted by Crippen LogP contribution is 2.55. The first-order valence-electron chi connectivity index (χ1n) is 12.4. The van der Waals surface area contributed by atoms with Gasteiger partial charge in [0.2, 0.25) is 0 Å². The monoisotopic (exact) mass is 495 g/mol. The van der Waals surface area contributed by atoms with Crippen molar-refractivity contribution in [1.82, 2.24) is 20.1 Å². The van der Waals surface area contributed by atoms with Gasteiger partial charge in [0.15, 0.2) is 9.84 Å². The summed E-state index contributed by atoms with van der Waals surface area (Å²) in [5, 5.41) is 9.94. The minimum atomic E-state index is -3.50. The van der Waals surface area contributed by atoms with Gasteiger partial charge in [-0.2, -0.15) is 0 Å². The SMILES string of the molecule is CC[C@@H]1NC[C@@H](c2ccccc2)S(=O)(=O)C1Cc1ccc(N2C[C@@H]3C(n4cnnc4)[C@@H]3C2)cc1F. The van der Waals surface area contributed by atoms with Gasteiger partial charge in [-0.05, 0) is 36.1 Å². The first kappa shape index (κ1) is 22.7. The minimum Gasteiger partial charge on any atom is -0.371 e. The van der Waals surface area contributed by atoms with E-state index in [-0.39, 0.29) is 18.3 Å². The Hall–Kier alpha value is -2.78. The second-order valence-corrected chi connectivity index (χ2v) is 12.4. The Balaban J connectivity index is 1.19. The molecular formula is C26H30FN5O2S. The van der Waals surface area contributed by atoms with Crippen molar-refractivity contribution >= 4 is 15.5 Å². The van der Waals surface area contributed by atoms with Crippen molar-refractivity contribution < 1.29 is 12.8 Å². The van der Waals surface area contributed by atoms with E-state index in [9.17, 15) is 8.42 Å². The van der Waals surface area contributed by atoms with Gasteiger partial charge in [0.1, 0.15) is 18.5 Å². The number of nitrogens with zero attached hydrogens (tertiary/aromatic N) is 4. The summed E-state index contributed by atoms with van der Waals surface area (Å²) in [5.41, 5.74) is 2.11. The summed E-state index contributed by atoms with van der Waals surface area (Å²) >= 11 is 0. The molecule has 2 aliphatic heterocycles. The molecule has 7 nitrogen and oxygen atoms in total.